The Bertz CT molecular complexity index is 193. The summed E-state index contributed by atoms with van der Waals surface area (Å²) in [6.45, 7) is 9.62. The molecule has 2 nitrogen and oxygen atoms in total. The van der Waals surface area contributed by atoms with Crippen LogP contribution in [0.25, 0.3) is 0 Å². The summed E-state index contributed by atoms with van der Waals surface area (Å²) in [5.74, 6) is 2.04. The predicted octanol–water partition coefficient (Wildman–Crippen LogP) is 3.20. The van der Waals surface area contributed by atoms with Crippen molar-refractivity contribution in [3.05, 3.63) is 0 Å². The molecule has 16 heavy (non-hydrogen) atoms. The molecule has 0 heterocycles. The van der Waals surface area contributed by atoms with E-state index in [4.69, 9.17) is 10.5 Å². The van der Waals surface area contributed by atoms with Gasteiger partial charge in [0.1, 0.15) is 0 Å². The van der Waals surface area contributed by atoms with Crippen LogP contribution in [-0.4, -0.2) is 18.8 Å². The molecule has 1 saturated carbocycles. The van der Waals surface area contributed by atoms with Crippen LogP contribution in [0.5, 0.6) is 0 Å². The first-order chi connectivity index (χ1) is 7.56. The molecule has 0 aromatic rings. The molecule has 0 spiro atoms. The number of ether oxygens (including phenoxy) is 1. The molecule has 1 fully saturated rings. The highest BCUT2D eigenvalue weighted by atomic mass is 16.5. The Kier molecular flexibility index (Phi) is 5.77. The Hall–Kier alpha value is -0.0800. The smallest absolute Gasteiger partial charge is 0.0751 e. The minimum Gasteiger partial charge on any atom is -0.377 e. The van der Waals surface area contributed by atoms with Crippen LogP contribution in [0.4, 0.5) is 0 Å². The molecule has 0 radical (unpaired) electrons. The summed E-state index contributed by atoms with van der Waals surface area (Å²) in [6.07, 6.45) is 5.54. The monoisotopic (exact) mass is 227 g/mol. The van der Waals surface area contributed by atoms with E-state index in [9.17, 15) is 0 Å². The summed E-state index contributed by atoms with van der Waals surface area (Å²) < 4.78 is 5.83. The Morgan fingerprint density at radius 3 is 2.50 bits per heavy atom. The van der Waals surface area contributed by atoms with E-state index in [2.05, 4.69) is 27.7 Å². The van der Waals surface area contributed by atoms with E-state index in [0.717, 1.165) is 12.5 Å². The molecule has 2 heteroatoms. The summed E-state index contributed by atoms with van der Waals surface area (Å²) in [5, 5.41) is 0. The van der Waals surface area contributed by atoms with Crippen molar-refractivity contribution in [2.75, 3.05) is 6.61 Å². The fraction of sp³-hybridized carbons (Fsp3) is 1.00. The highest BCUT2D eigenvalue weighted by Gasteiger charge is 2.31. The average molecular weight is 227 g/mol. The first-order valence-corrected chi connectivity index (χ1v) is 6.93. The largest absolute Gasteiger partial charge is 0.377 e. The lowest BCUT2D eigenvalue weighted by Gasteiger charge is -2.37. The van der Waals surface area contributed by atoms with E-state index < -0.39 is 0 Å². The van der Waals surface area contributed by atoms with Gasteiger partial charge in [0.25, 0.3) is 0 Å². The summed E-state index contributed by atoms with van der Waals surface area (Å²) in [5.41, 5.74) is 6.42. The van der Waals surface area contributed by atoms with Gasteiger partial charge in [-0.15, -0.1) is 0 Å². The van der Waals surface area contributed by atoms with Gasteiger partial charge in [-0.25, -0.2) is 0 Å². The maximum atomic E-state index is 6.42. The number of rotatable bonds is 5. The van der Waals surface area contributed by atoms with Gasteiger partial charge in [-0.05, 0) is 37.5 Å². The topological polar surface area (TPSA) is 35.2 Å². The van der Waals surface area contributed by atoms with Crippen LogP contribution >= 0.6 is 0 Å². The van der Waals surface area contributed by atoms with Gasteiger partial charge < -0.3 is 10.5 Å². The van der Waals surface area contributed by atoms with E-state index in [1.54, 1.807) is 0 Å². The molecule has 1 aliphatic rings. The molecule has 96 valence electrons. The molecular weight excluding hydrogens is 198 g/mol. The van der Waals surface area contributed by atoms with Crippen LogP contribution in [0, 0.1) is 17.8 Å². The number of nitrogens with two attached hydrogens (primary N) is 1. The molecule has 0 aliphatic heterocycles. The minimum atomic E-state index is 0.225. The van der Waals surface area contributed by atoms with Gasteiger partial charge >= 0.3 is 0 Å². The van der Waals surface area contributed by atoms with Crippen LogP contribution < -0.4 is 5.73 Å². The lowest BCUT2D eigenvalue weighted by Crippen LogP contribution is -2.47. The highest BCUT2D eigenvalue weighted by molar-refractivity contribution is 4.86. The van der Waals surface area contributed by atoms with E-state index >= 15 is 0 Å². The molecule has 4 unspecified atom stereocenters. The minimum absolute atomic E-state index is 0.225. The highest BCUT2D eigenvalue weighted by Crippen LogP contribution is 2.32. The predicted molar refractivity (Wildman–Crippen MR) is 69.3 cm³/mol. The summed E-state index contributed by atoms with van der Waals surface area (Å²) in [6, 6.07) is 0.225. The van der Waals surface area contributed by atoms with E-state index in [-0.39, 0.29) is 12.1 Å². The lowest BCUT2D eigenvalue weighted by atomic mass is 9.76. The average Bonchev–Trinajstić information content (AvgIpc) is 2.24. The summed E-state index contributed by atoms with van der Waals surface area (Å²) >= 11 is 0. The van der Waals surface area contributed by atoms with Crippen LogP contribution in [0.2, 0.25) is 0 Å². The zero-order valence-electron chi connectivity index (χ0n) is 11.4. The maximum absolute atomic E-state index is 6.42. The van der Waals surface area contributed by atoms with Crippen LogP contribution in [0.15, 0.2) is 0 Å². The third kappa shape index (κ3) is 3.74. The quantitative estimate of drug-likeness (QED) is 0.783. The van der Waals surface area contributed by atoms with Gasteiger partial charge in [0.2, 0.25) is 0 Å². The van der Waals surface area contributed by atoms with Crippen molar-refractivity contribution in [2.24, 2.45) is 23.5 Å². The first kappa shape index (κ1) is 14.0. The third-order valence-electron chi connectivity index (χ3n) is 3.92. The Morgan fingerprint density at radius 1 is 1.31 bits per heavy atom. The van der Waals surface area contributed by atoms with Gasteiger partial charge in [-0.1, -0.05) is 33.6 Å². The normalized spacial score (nSPS) is 30.4. The van der Waals surface area contributed by atoms with Crippen LogP contribution in [-0.2, 0) is 4.74 Å². The molecule has 0 bridgehead atoms. The molecule has 0 saturated heterocycles. The van der Waals surface area contributed by atoms with E-state index in [0.29, 0.717) is 11.8 Å². The van der Waals surface area contributed by atoms with Crippen molar-refractivity contribution in [3.63, 3.8) is 0 Å². The third-order valence-corrected chi connectivity index (χ3v) is 3.92. The van der Waals surface area contributed by atoms with E-state index in [1.165, 1.54) is 25.7 Å². The zero-order valence-corrected chi connectivity index (χ0v) is 11.4. The molecule has 0 amide bonds. The Labute approximate surface area is 101 Å². The summed E-state index contributed by atoms with van der Waals surface area (Å²) in [4.78, 5) is 0. The second-order valence-electron chi connectivity index (χ2n) is 5.77. The molecule has 1 aliphatic carbocycles. The standard InChI is InChI=1S/C14H29NO/c1-5-16-14(10(2)3)13(15)12-8-6-7-11(4)9-12/h10-14H,5-9,15H2,1-4H3. The maximum Gasteiger partial charge on any atom is 0.0751 e. The Morgan fingerprint density at radius 2 is 2.00 bits per heavy atom. The molecule has 0 aromatic heterocycles. The van der Waals surface area contributed by atoms with Gasteiger partial charge in [0, 0.05) is 12.6 Å². The molecule has 4 atom stereocenters. The fourth-order valence-electron chi connectivity index (χ4n) is 3.04. The van der Waals surface area contributed by atoms with Crippen molar-refractivity contribution in [1.29, 1.82) is 0 Å². The Balaban J connectivity index is 2.54. The van der Waals surface area contributed by atoms with Crippen molar-refractivity contribution in [2.45, 2.75) is 65.5 Å². The molecule has 0 aromatic carbocycles. The van der Waals surface area contributed by atoms with Gasteiger partial charge in [0.05, 0.1) is 6.10 Å². The van der Waals surface area contributed by atoms with Gasteiger partial charge in [-0.3, -0.25) is 0 Å². The van der Waals surface area contributed by atoms with Gasteiger partial charge in [0.15, 0.2) is 0 Å². The number of hydrogen-bond donors (Lipinski definition) is 1. The molecule has 1 rings (SSSR count). The second-order valence-corrected chi connectivity index (χ2v) is 5.77. The fourth-order valence-corrected chi connectivity index (χ4v) is 3.04. The van der Waals surface area contributed by atoms with Crippen LogP contribution in [0.1, 0.15) is 53.4 Å². The lowest BCUT2D eigenvalue weighted by molar-refractivity contribution is -0.00808. The van der Waals surface area contributed by atoms with Gasteiger partial charge in [-0.2, -0.15) is 0 Å². The SMILES string of the molecule is CCOC(C(C)C)C(N)C1CCCC(C)C1. The van der Waals surface area contributed by atoms with Crippen molar-refractivity contribution < 1.29 is 4.74 Å². The first-order valence-electron chi connectivity index (χ1n) is 6.93. The zero-order chi connectivity index (χ0) is 12.1. The molecular formula is C14H29NO. The van der Waals surface area contributed by atoms with Crippen molar-refractivity contribution in [1.82, 2.24) is 0 Å². The van der Waals surface area contributed by atoms with Crippen molar-refractivity contribution >= 4 is 0 Å². The summed E-state index contributed by atoms with van der Waals surface area (Å²) in [7, 11) is 0. The number of hydrogen-bond acceptors (Lipinski definition) is 2. The van der Waals surface area contributed by atoms with Crippen LogP contribution in [0.3, 0.4) is 0 Å². The molecule has 2 N–H and O–H groups in total. The van der Waals surface area contributed by atoms with E-state index in [1.807, 2.05) is 0 Å². The second kappa shape index (κ2) is 6.61. The van der Waals surface area contributed by atoms with Crippen molar-refractivity contribution in [3.8, 4) is 0 Å².